The quantitative estimate of drug-likeness (QED) is 0.647. The van der Waals surface area contributed by atoms with Gasteiger partial charge in [-0.1, -0.05) is 39.2 Å². The lowest BCUT2D eigenvalue weighted by molar-refractivity contribution is 0.285. The first-order valence-corrected chi connectivity index (χ1v) is 11.5. The third-order valence-corrected chi connectivity index (χ3v) is 6.89. The van der Waals surface area contributed by atoms with Gasteiger partial charge in [-0.2, -0.15) is 0 Å². The Morgan fingerprint density at radius 3 is 2.59 bits per heavy atom. The highest BCUT2D eigenvalue weighted by atomic mass is 32.1. The van der Waals surface area contributed by atoms with E-state index < -0.39 is 0 Å². The molecule has 2 aliphatic rings. The SMILES string of the molecule is Cc1cc([C@H]2[C@@H](c3ccccn3)NC(=S)N2CC(C)C)c(C)n1C1CCCCC1. The summed E-state index contributed by atoms with van der Waals surface area (Å²) < 4.78 is 2.61. The van der Waals surface area contributed by atoms with Crippen LogP contribution in [0.3, 0.4) is 0 Å². The van der Waals surface area contributed by atoms with Crippen LogP contribution in [-0.4, -0.2) is 26.1 Å². The van der Waals surface area contributed by atoms with Gasteiger partial charge in [-0.05, 0) is 68.6 Å². The molecule has 0 aromatic carbocycles. The van der Waals surface area contributed by atoms with Crippen molar-refractivity contribution in [1.82, 2.24) is 19.8 Å². The number of pyridine rings is 1. The van der Waals surface area contributed by atoms with Crippen LogP contribution in [0.5, 0.6) is 0 Å². The van der Waals surface area contributed by atoms with E-state index in [1.54, 1.807) is 0 Å². The van der Waals surface area contributed by atoms with Gasteiger partial charge in [-0.3, -0.25) is 4.98 Å². The van der Waals surface area contributed by atoms with E-state index in [9.17, 15) is 0 Å². The highest BCUT2D eigenvalue weighted by molar-refractivity contribution is 7.80. The second-order valence-corrected chi connectivity index (χ2v) is 9.55. The van der Waals surface area contributed by atoms with Crippen LogP contribution in [0.2, 0.25) is 0 Å². The molecule has 5 heteroatoms. The molecule has 2 aromatic rings. The summed E-state index contributed by atoms with van der Waals surface area (Å²) >= 11 is 5.80. The van der Waals surface area contributed by atoms with E-state index in [4.69, 9.17) is 12.2 Å². The molecule has 4 nitrogen and oxygen atoms in total. The number of aryl methyl sites for hydroxylation is 1. The average molecular weight is 411 g/mol. The van der Waals surface area contributed by atoms with Gasteiger partial charge < -0.3 is 14.8 Å². The standard InChI is InChI=1S/C24H34N4S/c1-16(2)15-27-23(22(26-24(27)29)21-12-8-9-13-25-21)20-14-17(3)28(18(20)4)19-10-6-5-7-11-19/h8-9,12-14,16,19,22-23H,5-7,10-11,15H2,1-4H3,(H,26,29)/t22-,23+/m1/s1. The molecule has 4 rings (SSSR count). The molecule has 3 heterocycles. The van der Waals surface area contributed by atoms with Gasteiger partial charge in [0.25, 0.3) is 0 Å². The summed E-state index contributed by atoms with van der Waals surface area (Å²) in [7, 11) is 0. The van der Waals surface area contributed by atoms with Crippen LogP contribution in [-0.2, 0) is 0 Å². The van der Waals surface area contributed by atoms with Gasteiger partial charge >= 0.3 is 0 Å². The van der Waals surface area contributed by atoms with Crippen molar-refractivity contribution in [3.05, 3.63) is 53.1 Å². The minimum Gasteiger partial charge on any atom is -0.352 e. The molecule has 0 amide bonds. The van der Waals surface area contributed by atoms with Crippen LogP contribution in [0.15, 0.2) is 30.5 Å². The Morgan fingerprint density at radius 1 is 1.17 bits per heavy atom. The van der Waals surface area contributed by atoms with E-state index in [1.807, 2.05) is 12.3 Å². The lowest BCUT2D eigenvalue weighted by Crippen LogP contribution is -2.33. The van der Waals surface area contributed by atoms with E-state index in [0.717, 1.165) is 17.4 Å². The summed E-state index contributed by atoms with van der Waals surface area (Å²) in [5.41, 5.74) is 5.25. The molecule has 1 saturated carbocycles. The maximum atomic E-state index is 5.80. The largest absolute Gasteiger partial charge is 0.352 e. The summed E-state index contributed by atoms with van der Waals surface area (Å²) in [5.74, 6) is 0.543. The fourth-order valence-electron chi connectivity index (χ4n) is 5.34. The first-order chi connectivity index (χ1) is 14.0. The molecule has 1 aliphatic heterocycles. The topological polar surface area (TPSA) is 33.1 Å². The van der Waals surface area contributed by atoms with E-state index in [2.05, 4.69) is 65.7 Å². The molecule has 0 spiro atoms. The molecule has 2 fully saturated rings. The lowest BCUT2D eigenvalue weighted by atomic mass is 9.94. The number of rotatable bonds is 5. The Bertz CT molecular complexity index is 851. The summed E-state index contributed by atoms with van der Waals surface area (Å²) in [5, 5.41) is 4.44. The fourth-order valence-corrected chi connectivity index (χ4v) is 5.65. The van der Waals surface area contributed by atoms with Crippen molar-refractivity contribution in [3.8, 4) is 0 Å². The van der Waals surface area contributed by atoms with Crippen LogP contribution in [0.4, 0.5) is 0 Å². The van der Waals surface area contributed by atoms with Gasteiger partial charge in [0.2, 0.25) is 0 Å². The molecular weight excluding hydrogens is 376 g/mol. The smallest absolute Gasteiger partial charge is 0.170 e. The molecule has 0 unspecified atom stereocenters. The lowest BCUT2D eigenvalue weighted by Gasteiger charge is -2.30. The van der Waals surface area contributed by atoms with Crippen molar-refractivity contribution >= 4 is 17.3 Å². The van der Waals surface area contributed by atoms with Crippen molar-refractivity contribution in [2.45, 2.75) is 77.9 Å². The Morgan fingerprint density at radius 2 is 1.93 bits per heavy atom. The first-order valence-electron chi connectivity index (χ1n) is 11.1. The summed E-state index contributed by atoms with van der Waals surface area (Å²) in [6.07, 6.45) is 8.57. The van der Waals surface area contributed by atoms with Gasteiger partial charge in [0.15, 0.2) is 5.11 Å². The maximum Gasteiger partial charge on any atom is 0.170 e. The van der Waals surface area contributed by atoms with Crippen LogP contribution in [0, 0.1) is 19.8 Å². The third kappa shape index (κ3) is 3.94. The Hall–Kier alpha value is -1.88. The zero-order valence-electron chi connectivity index (χ0n) is 18.2. The van der Waals surface area contributed by atoms with Gasteiger partial charge in [-0.15, -0.1) is 0 Å². The van der Waals surface area contributed by atoms with Crippen LogP contribution < -0.4 is 5.32 Å². The number of nitrogens with one attached hydrogen (secondary N) is 1. The Labute approximate surface area is 180 Å². The van der Waals surface area contributed by atoms with E-state index in [1.165, 1.54) is 49.1 Å². The van der Waals surface area contributed by atoms with Gasteiger partial charge in [0.1, 0.15) is 0 Å². The zero-order valence-corrected chi connectivity index (χ0v) is 19.0. The predicted molar refractivity (Wildman–Crippen MR) is 123 cm³/mol. The van der Waals surface area contributed by atoms with Crippen LogP contribution >= 0.6 is 12.2 Å². The number of aromatic nitrogens is 2. The van der Waals surface area contributed by atoms with Crippen LogP contribution in [0.1, 0.15) is 86.7 Å². The van der Waals surface area contributed by atoms with E-state index in [0.29, 0.717) is 12.0 Å². The summed E-state index contributed by atoms with van der Waals surface area (Å²) in [6, 6.07) is 9.49. The zero-order chi connectivity index (χ0) is 20.5. The third-order valence-electron chi connectivity index (χ3n) is 6.54. The first kappa shape index (κ1) is 20.4. The molecule has 29 heavy (non-hydrogen) atoms. The minimum absolute atomic E-state index is 0.0859. The maximum absolute atomic E-state index is 5.80. The molecule has 0 radical (unpaired) electrons. The highest BCUT2D eigenvalue weighted by Gasteiger charge is 2.41. The number of hydrogen-bond acceptors (Lipinski definition) is 2. The van der Waals surface area contributed by atoms with Gasteiger partial charge in [0.05, 0.1) is 17.8 Å². The number of thiocarbonyl (C=S) groups is 1. The summed E-state index contributed by atoms with van der Waals surface area (Å²) in [6.45, 7) is 10.1. The average Bonchev–Trinajstić information content (AvgIpc) is 3.18. The van der Waals surface area contributed by atoms with E-state index >= 15 is 0 Å². The molecule has 1 N–H and O–H groups in total. The second kappa shape index (κ2) is 8.47. The van der Waals surface area contributed by atoms with Crippen molar-refractivity contribution in [3.63, 3.8) is 0 Å². The van der Waals surface area contributed by atoms with Gasteiger partial charge in [0, 0.05) is 30.2 Å². The summed E-state index contributed by atoms with van der Waals surface area (Å²) in [4.78, 5) is 7.07. The predicted octanol–water partition coefficient (Wildman–Crippen LogP) is 5.63. The van der Waals surface area contributed by atoms with Crippen molar-refractivity contribution in [2.75, 3.05) is 6.54 Å². The Kier molecular flexibility index (Phi) is 5.95. The van der Waals surface area contributed by atoms with Crippen molar-refractivity contribution in [1.29, 1.82) is 0 Å². The molecule has 2 aromatic heterocycles. The molecule has 1 aliphatic carbocycles. The molecular formula is C24H34N4S. The number of nitrogens with zero attached hydrogens (tertiary/aromatic N) is 3. The normalized spacial score (nSPS) is 23.1. The second-order valence-electron chi connectivity index (χ2n) is 9.16. The van der Waals surface area contributed by atoms with Crippen LogP contribution in [0.25, 0.3) is 0 Å². The molecule has 1 saturated heterocycles. The highest BCUT2D eigenvalue weighted by Crippen LogP contribution is 2.42. The Balaban J connectivity index is 1.76. The van der Waals surface area contributed by atoms with E-state index in [-0.39, 0.29) is 12.1 Å². The fraction of sp³-hybridized carbons (Fsp3) is 0.583. The molecule has 2 atom stereocenters. The van der Waals surface area contributed by atoms with Crippen molar-refractivity contribution in [2.24, 2.45) is 5.92 Å². The molecule has 0 bridgehead atoms. The van der Waals surface area contributed by atoms with Crippen molar-refractivity contribution < 1.29 is 0 Å². The number of hydrogen-bond donors (Lipinski definition) is 1. The molecule has 156 valence electrons. The monoisotopic (exact) mass is 410 g/mol. The minimum atomic E-state index is 0.0859. The van der Waals surface area contributed by atoms with Gasteiger partial charge in [-0.25, -0.2) is 0 Å².